The summed E-state index contributed by atoms with van der Waals surface area (Å²) in [5, 5.41) is 5.63. The van der Waals surface area contributed by atoms with E-state index in [0.717, 1.165) is 16.8 Å². The zero-order valence-electron chi connectivity index (χ0n) is 14.3. The van der Waals surface area contributed by atoms with Crippen molar-refractivity contribution >= 4 is 23.7 Å². The lowest BCUT2D eigenvalue weighted by atomic mass is 10.1. The number of hydrogen-bond acceptors (Lipinski definition) is 4. The smallest absolute Gasteiger partial charge is 0.321 e. The highest BCUT2D eigenvalue weighted by atomic mass is 32.2. The van der Waals surface area contributed by atoms with E-state index in [4.69, 9.17) is 0 Å². The molecule has 3 amide bonds. The fraction of sp³-hybridized carbons (Fsp3) is 0.353. The number of carbonyl (C=O) groups is 2. The summed E-state index contributed by atoms with van der Waals surface area (Å²) in [6.45, 7) is 7.74. The summed E-state index contributed by atoms with van der Waals surface area (Å²) in [6, 6.07) is 5.70. The summed E-state index contributed by atoms with van der Waals surface area (Å²) in [5.74, 6) is -0.235. The molecule has 2 rings (SSSR count). The Labute approximate surface area is 146 Å². The van der Waals surface area contributed by atoms with Gasteiger partial charge in [-0.3, -0.25) is 14.7 Å². The molecule has 0 saturated heterocycles. The number of nitrogens with zero attached hydrogens (tertiary/aromatic N) is 2. The van der Waals surface area contributed by atoms with Crippen LogP contribution in [0.2, 0.25) is 0 Å². The van der Waals surface area contributed by atoms with Gasteiger partial charge < -0.3 is 5.32 Å². The lowest BCUT2D eigenvalue weighted by Gasteiger charge is -2.12. The number of benzene rings is 1. The van der Waals surface area contributed by atoms with Crippen molar-refractivity contribution in [2.45, 2.75) is 38.9 Å². The summed E-state index contributed by atoms with van der Waals surface area (Å²) in [5.41, 5.74) is 3.32. The fourth-order valence-electron chi connectivity index (χ4n) is 2.15. The maximum absolute atomic E-state index is 11.9. The predicted molar refractivity (Wildman–Crippen MR) is 95.6 cm³/mol. The first-order chi connectivity index (χ1) is 11.4. The van der Waals surface area contributed by atoms with E-state index < -0.39 is 6.03 Å². The summed E-state index contributed by atoms with van der Waals surface area (Å²) in [4.78, 5) is 27.7. The van der Waals surface area contributed by atoms with E-state index in [9.17, 15) is 9.59 Å². The van der Waals surface area contributed by atoms with Crippen LogP contribution in [0, 0.1) is 13.8 Å². The zero-order valence-corrected chi connectivity index (χ0v) is 15.1. The highest BCUT2D eigenvalue weighted by molar-refractivity contribution is 7.99. The van der Waals surface area contributed by atoms with Crippen LogP contribution in [0.1, 0.15) is 25.0 Å². The Morgan fingerprint density at radius 2 is 2.04 bits per heavy atom. The van der Waals surface area contributed by atoms with Crippen LogP contribution in [-0.2, 0) is 4.79 Å². The molecule has 24 heavy (non-hydrogen) atoms. The maximum Gasteiger partial charge on any atom is 0.321 e. The number of thioether (sulfide) groups is 1. The minimum atomic E-state index is -0.478. The summed E-state index contributed by atoms with van der Waals surface area (Å²) < 4.78 is 1.95. The van der Waals surface area contributed by atoms with Crippen LogP contribution in [0.4, 0.5) is 4.79 Å². The summed E-state index contributed by atoms with van der Waals surface area (Å²) >= 11 is 1.29. The van der Waals surface area contributed by atoms with Gasteiger partial charge in [0, 0.05) is 18.4 Å². The van der Waals surface area contributed by atoms with E-state index >= 15 is 0 Å². The SMILES string of the molecule is Cc1ccc(C)c(-n2ccnc2SCC(=O)NC(=O)NC(C)C)c1. The molecule has 7 heteroatoms. The fourth-order valence-corrected chi connectivity index (χ4v) is 2.92. The van der Waals surface area contributed by atoms with Crippen molar-refractivity contribution in [1.82, 2.24) is 20.2 Å². The molecule has 2 N–H and O–H groups in total. The first kappa shape index (κ1) is 18.1. The van der Waals surface area contributed by atoms with Crippen LogP contribution in [0.3, 0.4) is 0 Å². The third kappa shape index (κ3) is 4.86. The van der Waals surface area contributed by atoms with E-state index in [2.05, 4.69) is 33.8 Å². The molecule has 0 spiro atoms. The van der Waals surface area contributed by atoms with Crippen molar-refractivity contribution in [3.8, 4) is 5.69 Å². The first-order valence-electron chi connectivity index (χ1n) is 7.71. The highest BCUT2D eigenvalue weighted by Crippen LogP contribution is 2.23. The van der Waals surface area contributed by atoms with Crippen molar-refractivity contribution in [3.05, 3.63) is 41.7 Å². The van der Waals surface area contributed by atoms with Gasteiger partial charge in [0.05, 0.1) is 11.4 Å². The topological polar surface area (TPSA) is 76.0 Å². The Morgan fingerprint density at radius 1 is 1.29 bits per heavy atom. The van der Waals surface area contributed by atoms with Crippen LogP contribution in [0.5, 0.6) is 0 Å². The average Bonchev–Trinajstić information content (AvgIpc) is 2.95. The van der Waals surface area contributed by atoms with Gasteiger partial charge in [-0.05, 0) is 44.9 Å². The molecule has 0 bridgehead atoms. The largest absolute Gasteiger partial charge is 0.336 e. The van der Waals surface area contributed by atoms with Gasteiger partial charge in [-0.25, -0.2) is 9.78 Å². The predicted octanol–water partition coefficient (Wildman–Crippen LogP) is 2.82. The number of rotatable bonds is 5. The molecule has 0 saturated carbocycles. The first-order valence-corrected chi connectivity index (χ1v) is 8.69. The molecule has 0 aliphatic heterocycles. The quantitative estimate of drug-likeness (QED) is 0.816. The number of nitrogens with one attached hydrogen (secondary N) is 2. The van der Waals surface area contributed by atoms with E-state index in [1.54, 1.807) is 6.20 Å². The molecule has 1 heterocycles. The molecule has 0 aliphatic rings. The van der Waals surface area contributed by atoms with Crippen LogP contribution in [0.25, 0.3) is 5.69 Å². The van der Waals surface area contributed by atoms with Gasteiger partial charge in [-0.15, -0.1) is 0 Å². The Hall–Kier alpha value is -2.28. The Morgan fingerprint density at radius 3 is 2.75 bits per heavy atom. The standard InChI is InChI=1S/C17H22N4O2S/c1-11(2)19-16(23)20-15(22)10-24-17-18-7-8-21(17)14-9-12(3)5-6-13(14)4/h5-9,11H,10H2,1-4H3,(H2,19,20,22,23). The van der Waals surface area contributed by atoms with Gasteiger partial charge in [0.2, 0.25) is 5.91 Å². The molecule has 0 fully saturated rings. The number of hydrogen-bond donors (Lipinski definition) is 2. The maximum atomic E-state index is 11.9. The van der Waals surface area contributed by atoms with Crippen LogP contribution < -0.4 is 10.6 Å². The van der Waals surface area contributed by atoms with E-state index in [-0.39, 0.29) is 17.7 Å². The van der Waals surface area contributed by atoms with Crippen molar-refractivity contribution in [2.24, 2.45) is 0 Å². The second-order valence-electron chi connectivity index (χ2n) is 5.83. The lowest BCUT2D eigenvalue weighted by Crippen LogP contribution is -2.43. The van der Waals surface area contributed by atoms with Gasteiger partial charge in [-0.2, -0.15) is 0 Å². The van der Waals surface area contributed by atoms with E-state index in [1.165, 1.54) is 11.8 Å². The molecule has 0 atom stereocenters. The Balaban J connectivity index is 2.02. The van der Waals surface area contributed by atoms with Crippen LogP contribution in [0.15, 0.2) is 35.7 Å². The molecule has 2 aromatic rings. The van der Waals surface area contributed by atoms with Gasteiger partial charge >= 0.3 is 6.03 Å². The molecule has 6 nitrogen and oxygen atoms in total. The van der Waals surface area contributed by atoms with Gasteiger partial charge in [-0.1, -0.05) is 23.9 Å². The van der Waals surface area contributed by atoms with Crippen molar-refractivity contribution in [1.29, 1.82) is 0 Å². The van der Waals surface area contributed by atoms with Crippen molar-refractivity contribution in [3.63, 3.8) is 0 Å². The molecule has 0 unspecified atom stereocenters. The minimum Gasteiger partial charge on any atom is -0.336 e. The third-order valence-electron chi connectivity index (χ3n) is 3.24. The number of amides is 3. The number of imidazole rings is 1. The zero-order chi connectivity index (χ0) is 17.7. The van der Waals surface area contributed by atoms with Gasteiger partial charge in [0.1, 0.15) is 0 Å². The number of urea groups is 1. The minimum absolute atomic E-state index is 0.0198. The Kier molecular flexibility index (Phi) is 6.03. The second kappa shape index (κ2) is 8.01. The number of aryl methyl sites for hydroxylation is 2. The second-order valence-corrected chi connectivity index (χ2v) is 6.78. The van der Waals surface area contributed by atoms with Gasteiger partial charge in [0.25, 0.3) is 0 Å². The molecule has 1 aromatic heterocycles. The van der Waals surface area contributed by atoms with Crippen molar-refractivity contribution in [2.75, 3.05) is 5.75 Å². The third-order valence-corrected chi connectivity index (χ3v) is 4.20. The Bertz CT molecular complexity index is 740. The molecule has 0 aliphatic carbocycles. The van der Waals surface area contributed by atoms with Crippen molar-refractivity contribution < 1.29 is 9.59 Å². The average molecular weight is 346 g/mol. The van der Waals surface area contributed by atoms with Crippen LogP contribution in [-0.4, -0.2) is 33.3 Å². The molecular weight excluding hydrogens is 324 g/mol. The monoisotopic (exact) mass is 346 g/mol. The van der Waals surface area contributed by atoms with Crippen LogP contribution >= 0.6 is 11.8 Å². The highest BCUT2D eigenvalue weighted by Gasteiger charge is 2.13. The van der Waals surface area contributed by atoms with E-state index in [0.29, 0.717) is 5.16 Å². The van der Waals surface area contributed by atoms with Gasteiger partial charge in [0.15, 0.2) is 5.16 Å². The molecular formula is C17H22N4O2S. The number of aromatic nitrogens is 2. The summed E-state index contributed by atoms with van der Waals surface area (Å²) in [6.07, 6.45) is 3.57. The molecule has 1 aromatic carbocycles. The number of imide groups is 1. The van der Waals surface area contributed by atoms with E-state index in [1.807, 2.05) is 38.5 Å². The molecule has 128 valence electrons. The normalized spacial score (nSPS) is 10.7. The lowest BCUT2D eigenvalue weighted by molar-refractivity contribution is -0.117. The molecule has 0 radical (unpaired) electrons. The summed E-state index contributed by atoms with van der Waals surface area (Å²) in [7, 11) is 0. The number of carbonyl (C=O) groups excluding carboxylic acids is 2.